The smallest absolute Gasteiger partial charge is 0.162 e. The molecule has 114 valence electrons. The van der Waals surface area contributed by atoms with Crippen LogP contribution in [0.4, 0.5) is 0 Å². The van der Waals surface area contributed by atoms with Gasteiger partial charge in [0, 0.05) is 37.3 Å². The Labute approximate surface area is 125 Å². The molecule has 5 nitrogen and oxygen atoms in total. The van der Waals surface area contributed by atoms with E-state index in [4.69, 9.17) is 26.2 Å². The highest BCUT2D eigenvalue weighted by atomic mass is 35.5. The van der Waals surface area contributed by atoms with Gasteiger partial charge in [-0.1, -0.05) is 11.6 Å². The van der Waals surface area contributed by atoms with E-state index in [1.54, 1.807) is 13.2 Å². The van der Waals surface area contributed by atoms with Gasteiger partial charge in [-0.25, -0.2) is 0 Å². The maximum absolute atomic E-state index is 8.64. The van der Waals surface area contributed by atoms with Crippen LogP contribution in [-0.4, -0.2) is 45.1 Å². The van der Waals surface area contributed by atoms with Gasteiger partial charge < -0.3 is 25.2 Å². The van der Waals surface area contributed by atoms with Crippen LogP contribution in [0.1, 0.15) is 12.5 Å². The van der Waals surface area contributed by atoms with Gasteiger partial charge in [0.05, 0.1) is 20.3 Å². The van der Waals surface area contributed by atoms with E-state index in [2.05, 4.69) is 10.6 Å². The Morgan fingerprint density at radius 1 is 1.15 bits per heavy atom. The van der Waals surface area contributed by atoms with Crippen LogP contribution in [0, 0.1) is 0 Å². The van der Waals surface area contributed by atoms with Crippen LogP contribution in [0.2, 0.25) is 5.02 Å². The molecule has 0 aliphatic carbocycles. The summed E-state index contributed by atoms with van der Waals surface area (Å²) in [5.74, 6) is 1.35. The molecule has 0 bridgehead atoms. The van der Waals surface area contributed by atoms with Crippen molar-refractivity contribution in [1.29, 1.82) is 0 Å². The van der Waals surface area contributed by atoms with E-state index in [1.165, 1.54) is 0 Å². The summed E-state index contributed by atoms with van der Waals surface area (Å²) in [6.45, 7) is 5.53. The number of ether oxygens (including phenoxy) is 2. The third kappa shape index (κ3) is 5.54. The number of halogens is 1. The summed E-state index contributed by atoms with van der Waals surface area (Å²) in [5, 5.41) is 15.7. The number of benzene rings is 1. The lowest BCUT2D eigenvalue weighted by Gasteiger charge is -2.13. The Bertz CT molecular complexity index is 402. The zero-order valence-corrected chi connectivity index (χ0v) is 12.8. The van der Waals surface area contributed by atoms with E-state index >= 15 is 0 Å². The molecule has 1 aromatic rings. The molecule has 3 N–H and O–H groups in total. The van der Waals surface area contributed by atoms with Gasteiger partial charge in [-0.05, 0) is 18.6 Å². The third-order valence-electron chi connectivity index (χ3n) is 2.72. The fraction of sp³-hybridized carbons (Fsp3) is 0.571. The molecule has 0 heterocycles. The van der Waals surface area contributed by atoms with Crippen molar-refractivity contribution in [3.05, 3.63) is 22.7 Å². The number of aliphatic hydroxyl groups excluding tert-OH is 1. The van der Waals surface area contributed by atoms with Gasteiger partial charge in [0.1, 0.15) is 0 Å². The van der Waals surface area contributed by atoms with Crippen molar-refractivity contribution in [1.82, 2.24) is 10.6 Å². The zero-order valence-electron chi connectivity index (χ0n) is 12.0. The summed E-state index contributed by atoms with van der Waals surface area (Å²) in [7, 11) is 1.60. The Morgan fingerprint density at radius 2 is 1.90 bits per heavy atom. The van der Waals surface area contributed by atoms with Crippen LogP contribution in [0.5, 0.6) is 11.5 Å². The van der Waals surface area contributed by atoms with E-state index in [0.29, 0.717) is 36.2 Å². The molecule has 1 aromatic carbocycles. The standard InChI is InChI=1S/C14H23ClN2O3/c1-3-20-14-8-11(12(15)9-13(14)19-2)10-17-5-4-16-6-7-18/h8-9,16-18H,3-7,10H2,1-2H3. The SMILES string of the molecule is CCOc1cc(CNCCNCCO)c(Cl)cc1OC. The molecule has 20 heavy (non-hydrogen) atoms. The molecule has 0 spiro atoms. The number of hydrogen-bond donors (Lipinski definition) is 3. The van der Waals surface area contributed by atoms with Crippen LogP contribution in [-0.2, 0) is 6.54 Å². The van der Waals surface area contributed by atoms with Crippen LogP contribution in [0.15, 0.2) is 12.1 Å². The summed E-state index contributed by atoms with van der Waals surface area (Å²) in [4.78, 5) is 0. The van der Waals surface area contributed by atoms with E-state index in [9.17, 15) is 0 Å². The first kappa shape index (κ1) is 17.0. The highest BCUT2D eigenvalue weighted by Gasteiger charge is 2.09. The maximum atomic E-state index is 8.64. The van der Waals surface area contributed by atoms with Crippen molar-refractivity contribution in [3.63, 3.8) is 0 Å². The predicted octanol–water partition coefficient (Wildman–Crippen LogP) is 1.42. The lowest BCUT2D eigenvalue weighted by molar-refractivity contribution is 0.292. The summed E-state index contributed by atoms with van der Waals surface area (Å²) in [5.41, 5.74) is 0.970. The fourth-order valence-corrected chi connectivity index (χ4v) is 1.96. The highest BCUT2D eigenvalue weighted by molar-refractivity contribution is 6.31. The minimum Gasteiger partial charge on any atom is -0.493 e. The maximum Gasteiger partial charge on any atom is 0.162 e. The van der Waals surface area contributed by atoms with E-state index in [1.807, 2.05) is 13.0 Å². The predicted molar refractivity (Wildman–Crippen MR) is 80.8 cm³/mol. The second-order valence-electron chi connectivity index (χ2n) is 4.18. The molecule has 0 unspecified atom stereocenters. The Hall–Kier alpha value is -1.01. The van der Waals surface area contributed by atoms with Gasteiger partial charge in [0.25, 0.3) is 0 Å². The van der Waals surface area contributed by atoms with Crippen molar-refractivity contribution in [3.8, 4) is 11.5 Å². The van der Waals surface area contributed by atoms with Crippen molar-refractivity contribution in [2.45, 2.75) is 13.5 Å². The Balaban J connectivity index is 2.54. The second-order valence-corrected chi connectivity index (χ2v) is 4.59. The molecule has 6 heteroatoms. The monoisotopic (exact) mass is 302 g/mol. The van der Waals surface area contributed by atoms with Crippen LogP contribution < -0.4 is 20.1 Å². The molecule has 1 rings (SSSR count). The van der Waals surface area contributed by atoms with Crippen LogP contribution in [0.25, 0.3) is 0 Å². The molecule has 0 aromatic heterocycles. The topological polar surface area (TPSA) is 62.8 Å². The molecule has 0 aliphatic heterocycles. The van der Waals surface area contributed by atoms with Crippen molar-refractivity contribution in [2.75, 3.05) is 40.0 Å². The first-order chi connectivity index (χ1) is 9.72. The molecule has 0 aliphatic rings. The molecular weight excluding hydrogens is 280 g/mol. The molecule has 0 radical (unpaired) electrons. The number of nitrogens with one attached hydrogen (secondary N) is 2. The second kappa shape index (κ2) is 9.83. The first-order valence-electron chi connectivity index (χ1n) is 6.74. The normalized spacial score (nSPS) is 10.6. The Kier molecular flexibility index (Phi) is 8.37. The lowest BCUT2D eigenvalue weighted by atomic mass is 10.2. The molecular formula is C14H23ClN2O3. The lowest BCUT2D eigenvalue weighted by Crippen LogP contribution is -2.28. The summed E-state index contributed by atoms with van der Waals surface area (Å²) < 4.78 is 10.8. The highest BCUT2D eigenvalue weighted by Crippen LogP contribution is 2.33. The number of methoxy groups -OCH3 is 1. The molecule has 0 saturated carbocycles. The Morgan fingerprint density at radius 3 is 2.55 bits per heavy atom. The molecule has 0 fully saturated rings. The van der Waals surface area contributed by atoms with E-state index in [0.717, 1.165) is 18.7 Å². The largest absolute Gasteiger partial charge is 0.493 e. The average molecular weight is 303 g/mol. The van der Waals surface area contributed by atoms with Crippen molar-refractivity contribution in [2.24, 2.45) is 0 Å². The average Bonchev–Trinajstić information content (AvgIpc) is 2.45. The van der Waals surface area contributed by atoms with Gasteiger partial charge in [-0.2, -0.15) is 0 Å². The minimum atomic E-state index is 0.155. The zero-order chi connectivity index (χ0) is 14.8. The molecule has 0 amide bonds. The summed E-state index contributed by atoms with van der Waals surface area (Å²) >= 11 is 6.22. The summed E-state index contributed by atoms with van der Waals surface area (Å²) in [6.07, 6.45) is 0. The minimum absolute atomic E-state index is 0.155. The van der Waals surface area contributed by atoms with Gasteiger partial charge >= 0.3 is 0 Å². The van der Waals surface area contributed by atoms with Gasteiger partial charge in [-0.15, -0.1) is 0 Å². The van der Waals surface area contributed by atoms with Gasteiger partial charge in [0.15, 0.2) is 11.5 Å². The third-order valence-corrected chi connectivity index (χ3v) is 3.07. The quantitative estimate of drug-likeness (QED) is 0.571. The summed E-state index contributed by atoms with van der Waals surface area (Å²) in [6, 6.07) is 3.67. The number of hydrogen-bond acceptors (Lipinski definition) is 5. The first-order valence-corrected chi connectivity index (χ1v) is 7.12. The fourth-order valence-electron chi connectivity index (χ4n) is 1.74. The van der Waals surface area contributed by atoms with E-state index < -0.39 is 0 Å². The molecule has 0 saturated heterocycles. The van der Waals surface area contributed by atoms with Crippen LogP contribution in [0.3, 0.4) is 0 Å². The van der Waals surface area contributed by atoms with Gasteiger partial charge in [0.2, 0.25) is 0 Å². The van der Waals surface area contributed by atoms with Gasteiger partial charge in [-0.3, -0.25) is 0 Å². The van der Waals surface area contributed by atoms with Crippen molar-refractivity contribution < 1.29 is 14.6 Å². The molecule has 0 atom stereocenters. The van der Waals surface area contributed by atoms with E-state index in [-0.39, 0.29) is 6.61 Å². The van der Waals surface area contributed by atoms with Crippen molar-refractivity contribution >= 4 is 11.6 Å². The number of rotatable bonds is 10. The van der Waals surface area contributed by atoms with Crippen LogP contribution >= 0.6 is 11.6 Å². The number of aliphatic hydroxyl groups is 1.